The summed E-state index contributed by atoms with van der Waals surface area (Å²) in [4.78, 5) is 0. The van der Waals surface area contributed by atoms with Gasteiger partial charge in [0.2, 0.25) is 0 Å². The van der Waals surface area contributed by atoms with Crippen molar-refractivity contribution in [2.75, 3.05) is 13.2 Å². The van der Waals surface area contributed by atoms with Crippen LogP contribution in [0.5, 0.6) is 5.75 Å². The van der Waals surface area contributed by atoms with Crippen LogP contribution >= 0.6 is 0 Å². The summed E-state index contributed by atoms with van der Waals surface area (Å²) in [5.41, 5.74) is -0.766. The summed E-state index contributed by atoms with van der Waals surface area (Å²) >= 11 is 0. The number of nitriles is 1. The second-order valence-corrected chi connectivity index (χ2v) is 4.78. The van der Waals surface area contributed by atoms with E-state index in [1.165, 1.54) is 0 Å². The van der Waals surface area contributed by atoms with Crippen LogP contribution in [0.4, 0.5) is 8.78 Å². The second-order valence-electron chi connectivity index (χ2n) is 4.78. The van der Waals surface area contributed by atoms with Crippen LogP contribution in [0, 0.1) is 28.9 Å². The molecule has 1 aliphatic carbocycles. The second kappa shape index (κ2) is 5.54. The molecular formula is C14H16F2N2O. The Morgan fingerprint density at radius 3 is 2.47 bits per heavy atom. The minimum absolute atomic E-state index is 0.0882. The van der Waals surface area contributed by atoms with Crippen LogP contribution in [0.25, 0.3) is 0 Å². The zero-order valence-electron chi connectivity index (χ0n) is 10.7. The Morgan fingerprint density at radius 1 is 1.37 bits per heavy atom. The highest BCUT2D eigenvalue weighted by Crippen LogP contribution is 2.39. The van der Waals surface area contributed by atoms with Gasteiger partial charge in [0.1, 0.15) is 29.5 Å². The fourth-order valence-corrected chi connectivity index (χ4v) is 2.18. The van der Waals surface area contributed by atoms with Gasteiger partial charge in [0.25, 0.3) is 0 Å². The average molecular weight is 266 g/mol. The highest BCUT2D eigenvalue weighted by Gasteiger charge is 2.46. The highest BCUT2D eigenvalue weighted by atomic mass is 19.1. The smallest absolute Gasteiger partial charge is 0.143 e. The predicted molar refractivity (Wildman–Crippen MR) is 66.6 cm³/mol. The van der Waals surface area contributed by atoms with Crippen molar-refractivity contribution < 1.29 is 13.5 Å². The van der Waals surface area contributed by atoms with Gasteiger partial charge in [-0.3, -0.25) is 5.32 Å². The molecule has 19 heavy (non-hydrogen) atoms. The Balaban J connectivity index is 2.08. The number of likely N-dealkylation sites (N-methyl/N-ethyl adjacent to an activating group) is 1. The maximum atomic E-state index is 13.0. The van der Waals surface area contributed by atoms with Crippen molar-refractivity contribution in [1.82, 2.24) is 5.32 Å². The van der Waals surface area contributed by atoms with Gasteiger partial charge in [-0.1, -0.05) is 6.92 Å². The molecule has 1 saturated carbocycles. The molecule has 1 atom stereocenters. The molecule has 0 saturated heterocycles. The zero-order chi connectivity index (χ0) is 13.9. The molecule has 2 rings (SSSR count). The molecule has 0 aliphatic heterocycles. The van der Waals surface area contributed by atoms with Crippen molar-refractivity contribution in [2.45, 2.75) is 25.3 Å². The minimum Gasteiger partial charge on any atom is -0.490 e. The van der Waals surface area contributed by atoms with E-state index in [9.17, 15) is 14.0 Å². The molecule has 0 heterocycles. The predicted octanol–water partition coefficient (Wildman–Crippen LogP) is 2.63. The average Bonchev–Trinajstić information content (AvgIpc) is 3.18. The van der Waals surface area contributed by atoms with E-state index in [-0.39, 0.29) is 18.3 Å². The van der Waals surface area contributed by atoms with Gasteiger partial charge in [-0.2, -0.15) is 5.26 Å². The SMILES string of the molecule is CCNC(C#N)(COc1cc(F)cc(F)c1)C1CC1. The first kappa shape index (κ1) is 13.8. The van der Waals surface area contributed by atoms with Gasteiger partial charge < -0.3 is 4.74 Å². The van der Waals surface area contributed by atoms with Gasteiger partial charge in [-0.15, -0.1) is 0 Å². The Morgan fingerprint density at radius 2 is 2.00 bits per heavy atom. The highest BCUT2D eigenvalue weighted by molar-refractivity contribution is 5.25. The van der Waals surface area contributed by atoms with Gasteiger partial charge in [-0.25, -0.2) is 8.78 Å². The van der Waals surface area contributed by atoms with E-state index in [0.717, 1.165) is 31.0 Å². The van der Waals surface area contributed by atoms with Crippen LogP contribution in [0.1, 0.15) is 19.8 Å². The molecule has 5 heteroatoms. The quantitative estimate of drug-likeness (QED) is 0.861. The molecular weight excluding hydrogens is 250 g/mol. The number of benzene rings is 1. The van der Waals surface area contributed by atoms with E-state index >= 15 is 0 Å². The molecule has 102 valence electrons. The summed E-state index contributed by atoms with van der Waals surface area (Å²) in [6, 6.07) is 5.27. The fraction of sp³-hybridized carbons (Fsp3) is 0.500. The van der Waals surface area contributed by atoms with Crippen LogP contribution in [-0.4, -0.2) is 18.7 Å². The lowest BCUT2D eigenvalue weighted by molar-refractivity contribution is 0.203. The maximum Gasteiger partial charge on any atom is 0.143 e. The minimum atomic E-state index is -0.766. The van der Waals surface area contributed by atoms with E-state index in [4.69, 9.17) is 4.74 Å². The summed E-state index contributed by atoms with van der Waals surface area (Å²) < 4.78 is 31.5. The number of rotatable bonds is 6. The molecule has 0 amide bonds. The summed E-state index contributed by atoms with van der Waals surface area (Å²) in [5.74, 6) is -1.02. The third-order valence-corrected chi connectivity index (χ3v) is 3.27. The van der Waals surface area contributed by atoms with Gasteiger partial charge in [-0.05, 0) is 25.3 Å². The summed E-state index contributed by atoms with van der Waals surface area (Å²) in [6.45, 7) is 2.64. The van der Waals surface area contributed by atoms with Gasteiger partial charge in [0.05, 0.1) is 6.07 Å². The molecule has 1 unspecified atom stereocenters. The Labute approximate surface area is 111 Å². The largest absolute Gasteiger partial charge is 0.490 e. The van der Waals surface area contributed by atoms with Crippen LogP contribution in [0.3, 0.4) is 0 Å². The number of hydrogen-bond donors (Lipinski definition) is 1. The molecule has 0 spiro atoms. The molecule has 3 nitrogen and oxygen atoms in total. The van der Waals surface area contributed by atoms with E-state index in [2.05, 4.69) is 11.4 Å². The van der Waals surface area contributed by atoms with E-state index in [1.807, 2.05) is 6.92 Å². The fourth-order valence-electron chi connectivity index (χ4n) is 2.18. The van der Waals surface area contributed by atoms with E-state index < -0.39 is 17.2 Å². The zero-order valence-corrected chi connectivity index (χ0v) is 10.7. The van der Waals surface area contributed by atoms with Gasteiger partial charge in [0.15, 0.2) is 0 Å². The molecule has 0 radical (unpaired) electrons. The molecule has 1 aromatic rings. The lowest BCUT2D eigenvalue weighted by atomic mass is 9.96. The number of nitrogens with one attached hydrogen (secondary N) is 1. The summed E-state index contributed by atoms with van der Waals surface area (Å²) in [7, 11) is 0. The van der Waals surface area contributed by atoms with Crippen molar-refractivity contribution in [3.8, 4) is 11.8 Å². The molecule has 0 bridgehead atoms. The van der Waals surface area contributed by atoms with Gasteiger partial charge in [0, 0.05) is 18.2 Å². The Bertz CT molecular complexity index is 476. The van der Waals surface area contributed by atoms with Crippen molar-refractivity contribution in [3.05, 3.63) is 29.8 Å². The first-order valence-corrected chi connectivity index (χ1v) is 6.35. The van der Waals surface area contributed by atoms with E-state index in [1.54, 1.807) is 0 Å². The Kier molecular flexibility index (Phi) is 4.01. The number of halogens is 2. The topological polar surface area (TPSA) is 45.0 Å². The first-order valence-electron chi connectivity index (χ1n) is 6.35. The normalized spacial score (nSPS) is 17.6. The van der Waals surface area contributed by atoms with Gasteiger partial charge >= 0.3 is 0 Å². The number of hydrogen-bond acceptors (Lipinski definition) is 3. The van der Waals surface area contributed by atoms with Crippen molar-refractivity contribution in [2.24, 2.45) is 5.92 Å². The standard InChI is InChI=1S/C14H16F2N2O/c1-2-18-14(8-17,10-3-4-10)9-19-13-6-11(15)5-12(16)7-13/h5-7,10,18H,2-4,9H2,1H3. The van der Waals surface area contributed by atoms with Crippen molar-refractivity contribution >= 4 is 0 Å². The third-order valence-electron chi connectivity index (χ3n) is 3.27. The number of ether oxygens (including phenoxy) is 1. The van der Waals surface area contributed by atoms with Crippen molar-refractivity contribution in [3.63, 3.8) is 0 Å². The van der Waals surface area contributed by atoms with Crippen LogP contribution < -0.4 is 10.1 Å². The van der Waals surface area contributed by atoms with Crippen molar-refractivity contribution in [1.29, 1.82) is 5.26 Å². The lowest BCUT2D eigenvalue weighted by Gasteiger charge is -2.27. The maximum absolute atomic E-state index is 13.0. The Hall–Kier alpha value is -1.67. The van der Waals surface area contributed by atoms with Crippen LogP contribution in [0.15, 0.2) is 18.2 Å². The molecule has 0 aromatic heterocycles. The van der Waals surface area contributed by atoms with Crippen LogP contribution in [-0.2, 0) is 0 Å². The number of nitrogens with zero attached hydrogens (tertiary/aromatic N) is 1. The molecule has 1 aromatic carbocycles. The monoisotopic (exact) mass is 266 g/mol. The molecule has 1 N–H and O–H groups in total. The lowest BCUT2D eigenvalue weighted by Crippen LogP contribution is -2.50. The van der Waals surface area contributed by atoms with E-state index in [0.29, 0.717) is 6.54 Å². The molecule has 1 fully saturated rings. The summed E-state index contributed by atoms with van der Waals surface area (Å²) in [5, 5.41) is 12.5. The van der Waals surface area contributed by atoms with Crippen LogP contribution in [0.2, 0.25) is 0 Å². The third kappa shape index (κ3) is 3.21. The molecule has 1 aliphatic rings. The first-order chi connectivity index (χ1) is 9.09. The summed E-state index contributed by atoms with van der Waals surface area (Å²) in [6.07, 6.45) is 1.95.